The van der Waals surface area contributed by atoms with Crippen LogP contribution >= 0.6 is 0 Å². The predicted octanol–water partition coefficient (Wildman–Crippen LogP) is 1.09. The Morgan fingerprint density at radius 1 is 1.67 bits per heavy atom. The number of nitrogens with zero attached hydrogens (tertiary/aromatic N) is 3. The molecule has 1 atom stereocenters. The number of hydrogen-bond acceptors (Lipinski definition) is 5. The number of rotatable bonds is 3. The van der Waals surface area contributed by atoms with Crippen LogP contribution in [0, 0.1) is 11.3 Å². The highest BCUT2D eigenvalue weighted by Crippen LogP contribution is 2.20. The molecule has 1 saturated heterocycles. The zero-order chi connectivity index (χ0) is 13.0. The maximum atomic E-state index is 11.6. The van der Waals surface area contributed by atoms with Crippen LogP contribution in [0.5, 0.6) is 0 Å². The zero-order valence-corrected chi connectivity index (χ0v) is 10.3. The molecule has 0 N–H and O–H groups in total. The topological polar surface area (TPSA) is 66.2 Å². The van der Waals surface area contributed by atoms with Gasteiger partial charge in [0.1, 0.15) is 12.1 Å². The highest BCUT2D eigenvalue weighted by atomic mass is 16.5. The standard InChI is InChI=1S/C13H15N3O2/c1-18-13(17)12-3-2-6-16(12)9-11-5-4-10(7-14)8-15-11/h4-5,8,12H,2-3,6,9H2,1H3. The molecule has 2 heterocycles. The maximum Gasteiger partial charge on any atom is 0.323 e. The largest absolute Gasteiger partial charge is 0.468 e. The Morgan fingerprint density at radius 2 is 2.50 bits per heavy atom. The summed E-state index contributed by atoms with van der Waals surface area (Å²) < 4.78 is 4.79. The molecule has 2 rings (SSSR count). The number of methoxy groups -OCH3 is 1. The molecule has 1 unspecified atom stereocenters. The quantitative estimate of drug-likeness (QED) is 0.746. The molecular weight excluding hydrogens is 230 g/mol. The van der Waals surface area contributed by atoms with Gasteiger partial charge in [0.15, 0.2) is 0 Å². The first kappa shape index (κ1) is 12.5. The lowest BCUT2D eigenvalue weighted by Crippen LogP contribution is -2.36. The molecule has 0 aromatic carbocycles. The van der Waals surface area contributed by atoms with Crippen molar-refractivity contribution in [3.05, 3.63) is 29.6 Å². The van der Waals surface area contributed by atoms with Crippen LogP contribution in [0.25, 0.3) is 0 Å². The lowest BCUT2D eigenvalue weighted by Gasteiger charge is -2.21. The molecule has 0 aliphatic carbocycles. The van der Waals surface area contributed by atoms with E-state index < -0.39 is 0 Å². The minimum Gasteiger partial charge on any atom is -0.468 e. The van der Waals surface area contributed by atoms with Crippen molar-refractivity contribution in [3.8, 4) is 6.07 Å². The Balaban J connectivity index is 2.03. The molecule has 5 heteroatoms. The van der Waals surface area contributed by atoms with E-state index in [4.69, 9.17) is 10.00 Å². The molecule has 5 nitrogen and oxygen atoms in total. The Bertz CT molecular complexity index is 464. The monoisotopic (exact) mass is 245 g/mol. The average molecular weight is 245 g/mol. The minimum atomic E-state index is -0.179. The summed E-state index contributed by atoms with van der Waals surface area (Å²) >= 11 is 0. The van der Waals surface area contributed by atoms with Crippen molar-refractivity contribution in [2.75, 3.05) is 13.7 Å². The van der Waals surface area contributed by atoms with Crippen molar-refractivity contribution in [1.82, 2.24) is 9.88 Å². The number of likely N-dealkylation sites (tertiary alicyclic amines) is 1. The first-order valence-electron chi connectivity index (χ1n) is 5.91. The minimum absolute atomic E-state index is 0.160. The Labute approximate surface area is 106 Å². The smallest absolute Gasteiger partial charge is 0.323 e. The van der Waals surface area contributed by atoms with Gasteiger partial charge in [-0.3, -0.25) is 14.7 Å². The van der Waals surface area contributed by atoms with Crippen LogP contribution in [-0.2, 0) is 16.1 Å². The number of aromatic nitrogens is 1. The van der Waals surface area contributed by atoms with Gasteiger partial charge in [0.25, 0.3) is 0 Å². The third kappa shape index (κ3) is 2.66. The number of hydrogen-bond donors (Lipinski definition) is 0. The van der Waals surface area contributed by atoms with Crippen LogP contribution in [-0.4, -0.2) is 35.5 Å². The Kier molecular flexibility index (Phi) is 3.90. The SMILES string of the molecule is COC(=O)C1CCCN1Cc1ccc(C#N)cn1. The van der Waals surface area contributed by atoms with E-state index in [2.05, 4.69) is 9.88 Å². The number of pyridine rings is 1. The van der Waals surface area contributed by atoms with Crippen molar-refractivity contribution < 1.29 is 9.53 Å². The van der Waals surface area contributed by atoms with Gasteiger partial charge in [0, 0.05) is 12.7 Å². The van der Waals surface area contributed by atoms with Crippen LogP contribution in [0.3, 0.4) is 0 Å². The third-order valence-electron chi connectivity index (χ3n) is 3.16. The number of nitriles is 1. The van der Waals surface area contributed by atoms with E-state index in [9.17, 15) is 4.79 Å². The molecule has 0 spiro atoms. The number of carbonyl (C=O) groups excluding carboxylic acids is 1. The van der Waals surface area contributed by atoms with Crippen LogP contribution in [0.2, 0.25) is 0 Å². The van der Waals surface area contributed by atoms with E-state index in [-0.39, 0.29) is 12.0 Å². The number of carbonyl (C=O) groups is 1. The van der Waals surface area contributed by atoms with Crippen molar-refractivity contribution in [2.45, 2.75) is 25.4 Å². The molecule has 1 fully saturated rings. The average Bonchev–Trinajstić information content (AvgIpc) is 2.87. The van der Waals surface area contributed by atoms with Gasteiger partial charge in [-0.2, -0.15) is 5.26 Å². The molecule has 94 valence electrons. The molecule has 0 bridgehead atoms. The number of esters is 1. The second-order valence-electron chi connectivity index (χ2n) is 4.30. The van der Waals surface area contributed by atoms with E-state index in [0.717, 1.165) is 25.1 Å². The molecule has 1 aromatic heterocycles. The van der Waals surface area contributed by atoms with Gasteiger partial charge in [0.05, 0.1) is 18.4 Å². The fourth-order valence-electron chi connectivity index (χ4n) is 2.21. The normalized spacial score (nSPS) is 19.4. The van der Waals surface area contributed by atoms with Gasteiger partial charge in [-0.25, -0.2) is 0 Å². The highest BCUT2D eigenvalue weighted by Gasteiger charge is 2.31. The fraction of sp³-hybridized carbons (Fsp3) is 0.462. The lowest BCUT2D eigenvalue weighted by atomic mass is 10.2. The zero-order valence-electron chi connectivity index (χ0n) is 10.3. The molecule has 0 radical (unpaired) electrons. The van der Waals surface area contributed by atoms with E-state index in [1.165, 1.54) is 7.11 Å². The first-order chi connectivity index (χ1) is 8.74. The molecule has 1 aliphatic heterocycles. The van der Waals surface area contributed by atoms with E-state index in [1.807, 2.05) is 12.1 Å². The van der Waals surface area contributed by atoms with Crippen molar-refractivity contribution in [3.63, 3.8) is 0 Å². The summed E-state index contributed by atoms with van der Waals surface area (Å²) in [5, 5.41) is 8.70. The summed E-state index contributed by atoms with van der Waals surface area (Å²) in [5.74, 6) is -0.179. The van der Waals surface area contributed by atoms with E-state index in [0.29, 0.717) is 12.1 Å². The summed E-state index contributed by atoms with van der Waals surface area (Å²) in [6.45, 7) is 1.49. The Hall–Kier alpha value is -1.93. The van der Waals surface area contributed by atoms with Gasteiger partial charge >= 0.3 is 5.97 Å². The summed E-state index contributed by atoms with van der Waals surface area (Å²) in [7, 11) is 1.42. The van der Waals surface area contributed by atoms with E-state index >= 15 is 0 Å². The highest BCUT2D eigenvalue weighted by molar-refractivity contribution is 5.75. The maximum absolute atomic E-state index is 11.6. The van der Waals surface area contributed by atoms with Gasteiger partial charge in [0.2, 0.25) is 0 Å². The van der Waals surface area contributed by atoms with Crippen molar-refractivity contribution in [1.29, 1.82) is 5.26 Å². The van der Waals surface area contributed by atoms with Gasteiger partial charge in [-0.05, 0) is 31.5 Å². The molecule has 0 saturated carbocycles. The fourth-order valence-corrected chi connectivity index (χ4v) is 2.21. The van der Waals surface area contributed by atoms with Crippen LogP contribution < -0.4 is 0 Å². The van der Waals surface area contributed by atoms with E-state index in [1.54, 1.807) is 12.3 Å². The molecule has 0 amide bonds. The van der Waals surface area contributed by atoms with Gasteiger partial charge < -0.3 is 4.74 Å². The van der Waals surface area contributed by atoms with Gasteiger partial charge in [-0.1, -0.05) is 0 Å². The molecular formula is C13H15N3O2. The second-order valence-corrected chi connectivity index (χ2v) is 4.30. The molecule has 1 aromatic rings. The van der Waals surface area contributed by atoms with Crippen LogP contribution in [0.15, 0.2) is 18.3 Å². The lowest BCUT2D eigenvalue weighted by molar-refractivity contribution is -0.146. The Morgan fingerprint density at radius 3 is 3.11 bits per heavy atom. The summed E-state index contributed by atoms with van der Waals surface area (Å²) in [6.07, 6.45) is 3.39. The molecule has 1 aliphatic rings. The predicted molar refractivity (Wildman–Crippen MR) is 64.4 cm³/mol. The van der Waals surface area contributed by atoms with Crippen LogP contribution in [0.1, 0.15) is 24.1 Å². The molecule has 18 heavy (non-hydrogen) atoms. The summed E-state index contributed by atoms with van der Waals surface area (Å²) in [4.78, 5) is 17.9. The van der Waals surface area contributed by atoms with Crippen molar-refractivity contribution in [2.24, 2.45) is 0 Å². The second kappa shape index (κ2) is 5.61. The van der Waals surface area contributed by atoms with Crippen LogP contribution in [0.4, 0.5) is 0 Å². The first-order valence-corrected chi connectivity index (χ1v) is 5.91. The summed E-state index contributed by atoms with van der Waals surface area (Å²) in [5.41, 5.74) is 1.41. The number of ether oxygens (including phenoxy) is 1. The van der Waals surface area contributed by atoms with Crippen molar-refractivity contribution >= 4 is 5.97 Å². The van der Waals surface area contributed by atoms with Gasteiger partial charge in [-0.15, -0.1) is 0 Å². The summed E-state index contributed by atoms with van der Waals surface area (Å²) in [6, 6.07) is 5.44. The third-order valence-corrected chi connectivity index (χ3v) is 3.16.